The van der Waals surface area contributed by atoms with E-state index in [2.05, 4.69) is 15.6 Å². The van der Waals surface area contributed by atoms with Gasteiger partial charge >= 0.3 is 0 Å². The van der Waals surface area contributed by atoms with Gasteiger partial charge in [0, 0.05) is 51.6 Å². The molecule has 184 valence electrons. The lowest BCUT2D eigenvalue weighted by atomic mass is 9.99. The van der Waals surface area contributed by atoms with Crippen LogP contribution in [0.2, 0.25) is 5.02 Å². The van der Waals surface area contributed by atoms with Crippen LogP contribution >= 0.6 is 11.6 Å². The summed E-state index contributed by atoms with van der Waals surface area (Å²) >= 11 is 5.76. The fraction of sp³-hybridized carbons (Fsp3) is 0.520. The minimum absolute atomic E-state index is 0.00882. The van der Waals surface area contributed by atoms with E-state index in [0.717, 1.165) is 42.7 Å². The van der Waals surface area contributed by atoms with Gasteiger partial charge in [0.25, 0.3) is 5.91 Å². The Morgan fingerprint density at radius 3 is 2.82 bits per heavy atom. The number of methoxy groups -OCH3 is 1. The number of piperidine rings is 1. The van der Waals surface area contributed by atoms with Crippen molar-refractivity contribution in [3.63, 3.8) is 0 Å². The molecule has 1 amide bonds. The number of carbonyl (C=O) groups is 1. The quantitative estimate of drug-likeness (QED) is 0.615. The summed E-state index contributed by atoms with van der Waals surface area (Å²) in [7, 11) is 1.72. The van der Waals surface area contributed by atoms with Crippen LogP contribution in [0.1, 0.15) is 40.7 Å². The molecule has 1 aromatic heterocycles. The van der Waals surface area contributed by atoms with E-state index >= 15 is 0 Å². The minimum Gasteiger partial charge on any atom is -0.379 e. The number of ether oxygens (including phenoxy) is 2. The van der Waals surface area contributed by atoms with Crippen LogP contribution < -0.4 is 10.6 Å². The zero-order valence-electron chi connectivity index (χ0n) is 19.7. The van der Waals surface area contributed by atoms with Crippen LogP contribution in [0.15, 0.2) is 30.6 Å². The Labute approximate surface area is 205 Å². The monoisotopic (exact) mass is 490 g/mol. The zero-order chi connectivity index (χ0) is 24.1. The van der Waals surface area contributed by atoms with Crippen molar-refractivity contribution in [3.8, 4) is 0 Å². The van der Waals surface area contributed by atoms with Gasteiger partial charge in [-0.25, -0.2) is 4.39 Å². The van der Waals surface area contributed by atoms with Gasteiger partial charge in [-0.3, -0.25) is 9.78 Å². The Bertz CT molecular complexity index is 1000. The predicted octanol–water partition coefficient (Wildman–Crippen LogP) is 3.79. The van der Waals surface area contributed by atoms with Crippen molar-refractivity contribution in [2.75, 3.05) is 38.7 Å². The Morgan fingerprint density at radius 2 is 2.09 bits per heavy atom. The highest BCUT2D eigenvalue weighted by molar-refractivity contribution is 6.30. The van der Waals surface area contributed by atoms with E-state index in [4.69, 9.17) is 21.1 Å². The molecule has 7 nitrogen and oxygen atoms in total. The van der Waals surface area contributed by atoms with E-state index in [0.29, 0.717) is 37.8 Å². The number of nitrogens with zero attached hydrogens (tertiary/aromatic N) is 2. The van der Waals surface area contributed by atoms with Crippen molar-refractivity contribution in [1.82, 2.24) is 15.2 Å². The molecule has 2 aliphatic rings. The van der Waals surface area contributed by atoms with Crippen LogP contribution in [-0.2, 0) is 16.0 Å². The van der Waals surface area contributed by atoms with Gasteiger partial charge in [-0.15, -0.1) is 0 Å². The average Bonchev–Trinajstić information content (AvgIpc) is 2.86. The summed E-state index contributed by atoms with van der Waals surface area (Å²) < 4.78 is 24.8. The molecule has 2 aliphatic heterocycles. The van der Waals surface area contributed by atoms with Crippen LogP contribution in [0.3, 0.4) is 0 Å². The number of carbonyl (C=O) groups excluding carboxylic acids is 1. The molecule has 2 aromatic rings. The molecule has 0 spiro atoms. The molecule has 2 fully saturated rings. The predicted molar refractivity (Wildman–Crippen MR) is 130 cm³/mol. The van der Waals surface area contributed by atoms with Gasteiger partial charge in [-0.05, 0) is 49.4 Å². The maximum atomic E-state index is 13.7. The van der Waals surface area contributed by atoms with Gasteiger partial charge in [0.1, 0.15) is 5.82 Å². The molecule has 2 saturated heterocycles. The standard InChI is InChI=1S/C25H32ClFN4O3/c1-16-19(13-28-14-23(16)29-12-17-3-4-20(26)21(27)11-17)25(32)31-8-5-18(6-9-31)30-22-7-10-34-15-24(22)33-2/h3-4,11,13-14,18,22,24,29-30H,5-10,12,15H2,1-2H3/t22?,24-/m1/s1. The maximum Gasteiger partial charge on any atom is 0.255 e. The molecule has 0 aliphatic carbocycles. The van der Waals surface area contributed by atoms with Crippen molar-refractivity contribution in [2.24, 2.45) is 0 Å². The number of aromatic nitrogens is 1. The second-order valence-corrected chi connectivity index (χ2v) is 9.35. The number of rotatable bonds is 7. The zero-order valence-corrected chi connectivity index (χ0v) is 20.4. The van der Waals surface area contributed by atoms with Crippen LogP contribution in [0, 0.1) is 12.7 Å². The molecule has 1 aromatic carbocycles. The first-order chi connectivity index (χ1) is 16.5. The molecule has 2 N–H and O–H groups in total. The van der Waals surface area contributed by atoms with Crippen LogP contribution in [0.5, 0.6) is 0 Å². The number of pyridine rings is 1. The number of hydrogen-bond donors (Lipinski definition) is 2. The molecule has 34 heavy (non-hydrogen) atoms. The number of benzene rings is 1. The highest BCUT2D eigenvalue weighted by Gasteiger charge is 2.30. The SMILES string of the molecule is CO[C@@H]1COCCC1NC1CCN(C(=O)c2cncc(NCc3ccc(Cl)c(F)c3)c2C)CC1. The summed E-state index contributed by atoms with van der Waals surface area (Å²) in [6, 6.07) is 5.35. The van der Waals surface area contributed by atoms with Crippen molar-refractivity contribution in [3.05, 3.63) is 58.1 Å². The number of anilines is 1. The Balaban J connectivity index is 1.33. The highest BCUT2D eigenvalue weighted by atomic mass is 35.5. The molecule has 9 heteroatoms. The second kappa shape index (κ2) is 11.4. The Kier molecular flexibility index (Phi) is 8.37. The lowest BCUT2D eigenvalue weighted by Crippen LogP contribution is -2.54. The number of amides is 1. The normalized spacial score (nSPS) is 21.5. The second-order valence-electron chi connectivity index (χ2n) is 8.94. The lowest BCUT2D eigenvalue weighted by molar-refractivity contribution is -0.0533. The summed E-state index contributed by atoms with van der Waals surface area (Å²) in [6.07, 6.45) is 6.11. The molecular formula is C25H32ClFN4O3. The number of nitrogens with one attached hydrogen (secondary N) is 2. The largest absolute Gasteiger partial charge is 0.379 e. The van der Waals surface area contributed by atoms with E-state index in [1.165, 1.54) is 12.1 Å². The first kappa shape index (κ1) is 24.9. The molecule has 0 radical (unpaired) electrons. The molecule has 3 heterocycles. The van der Waals surface area contributed by atoms with E-state index in [1.54, 1.807) is 25.6 Å². The molecule has 0 saturated carbocycles. The van der Waals surface area contributed by atoms with Crippen LogP contribution in [0.25, 0.3) is 0 Å². The first-order valence-electron chi connectivity index (χ1n) is 11.7. The van der Waals surface area contributed by atoms with Gasteiger partial charge in [0.2, 0.25) is 0 Å². The van der Waals surface area contributed by atoms with Gasteiger partial charge in [-0.1, -0.05) is 17.7 Å². The van der Waals surface area contributed by atoms with Gasteiger partial charge < -0.3 is 25.0 Å². The van der Waals surface area contributed by atoms with Crippen molar-refractivity contribution < 1.29 is 18.7 Å². The Hall–Kier alpha value is -2.26. The van der Waals surface area contributed by atoms with Crippen LogP contribution in [-0.4, -0.2) is 67.4 Å². The summed E-state index contributed by atoms with van der Waals surface area (Å²) in [5.74, 6) is -0.460. The molecule has 4 rings (SSSR count). The summed E-state index contributed by atoms with van der Waals surface area (Å²) in [4.78, 5) is 19.4. The van der Waals surface area contributed by atoms with Gasteiger partial charge in [-0.2, -0.15) is 0 Å². The third kappa shape index (κ3) is 5.86. The third-order valence-electron chi connectivity index (χ3n) is 6.75. The van der Waals surface area contributed by atoms with E-state index < -0.39 is 5.82 Å². The Morgan fingerprint density at radius 1 is 1.29 bits per heavy atom. The average molecular weight is 491 g/mol. The topological polar surface area (TPSA) is 75.7 Å². The fourth-order valence-corrected chi connectivity index (χ4v) is 4.74. The lowest BCUT2D eigenvalue weighted by Gasteiger charge is -2.38. The van der Waals surface area contributed by atoms with Gasteiger partial charge in [0.15, 0.2) is 0 Å². The van der Waals surface area contributed by atoms with E-state index in [1.807, 2.05) is 11.8 Å². The molecular weight excluding hydrogens is 459 g/mol. The van der Waals surface area contributed by atoms with Crippen molar-refractivity contribution in [1.29, 1.82) is 0 Å². The molecule has 2 atom stereocenters. The van der Waals surface area contributed by atoms with E-state index in [-0.39, 0.29) is 23.1 Å². The van der Waals surface area contributed by atoms with Gasteiger partial charge in [0.05, 0.1) is 35.2 Å². The molecule has 0 bridgehead atoms. The van der Waals surface area contributed by atoms with E-state index in [9.17, 15) is 9.18 Å². The maximum absolute atomic E-state index is 13.7. The van der Waals surface area contributed by atoms with Crippen LogP contribution in [0.4, 0.5) is 10.1 Å². The van der Waals surface area contributed by atoms with Crippen molar-refractivity contribution in [2.45, 2.75) is 50.9 Å². The minimum atomic E-state index is -0.452. The number of hydrogen-bond acceptors (Lipinski definition) is 6. The third-order valence-corrected chi connectivity index (χ3v) is 7.06. The number of halogens is 2. The molecule has 1 unspecified atom stereocenters. The smallest absolute Gasteiger partial charge is 0.255 e. The summed E-state index contributed by atoms with van der Waals surface area (Å²) in [5.41, 5.74) is 2.93. The fourth-order valence-electron chi connectivity index (χ4n) is 4.62. The first-order valence-corrected chi connectivity index (χ1v) is 12.1. The van der Waals surface area contributed by atoms with Crippen molar-refractivity contribution >= 4 is 23.2 Å². The number of likely N-dealkylation sites (tertiary alicyclic amines) is 1. The summed E-state index contributed by atoms with van der Waals surface area (Å²) in [6.45, 7) is 5.06. The highest BCUT2D eigenvalue weighted by Crippen LogP contribution is 2.23. The summed E-state index contributed by atoms with van der Waals surface area (Å²) in [5, 5.41) is 7.08.